The Hall–Kier alpha value is -6.31. The lowest BCUT2D eigenvalue weighted by Gasteiger charge is -2.26. The van der Waals surface area contributed by atoms with Crippen LogP contribution in [0.5, 0.6) is 23.0 Å². The summed E-state index contributed by atoms with van der Waals surface area (Å²) >= 11 is 0. The minimum Gasteiger partial charge on any atom is -0.503 e. The maximum atomic E-state index is 13.0. The predicted octanol–water partition coefficient (Wildman–Crippen LogP) is 10.0. The average molecular weight is 899 g/mol. The number of aromatic hydroxyl groups is 1. The molecule has 0 bridgehead atoms. The number of Topliss-reactive ketones (excluding diaryl/α,β-unsaturated/α-hetero) is 2. The second-order valence-electron chi connectivity index (χ2n) is 16.0. The van der Waals surface area contributed by atoms with Crippen LogP contribution in [-0.4, -0.2) is 77.8 Å². The molecule has 352 valence electrons. The van der Waals surface area contributed by atoms with Crippen molar-refractivity contribution in [3.63, 3.8) is 0 Å². The Labute approximate surface area is 383 Å². The van der Waals surface area contributed by atoms with E-state index in [0.29, 0.717) is 0 Å². The van der Waals surface area contributed by atoms with Gasteiger partial charge in [0.25, 0.3) is 0 Å². The van der Waals surface area contributed by atoms with E-state index < -0.39 is 48.1 Å². The molecule has 14 nitrogen and oxygen atoms in total. The number of hydrogen-bond donors (Lipinski definition) is 1. The van der Waals surface area contributed by atoms with E-state index in [9.17, 15) is 29.1 Å². The SMILES string of the molecule is CCCC[C@H](c1ccccc1)[C@H](C)OC(=O)[C@H](C)CC(=O)c1nccc(OC)c1O.CCCC[C@H](c1ccccc1)[C@H](C)OC(=O)[C@H](C)CC(=O)c1nccc(OC)c1OCOC(C)=O. The van der Waals surface area contributed by atoms with Crippen molar-refractivity contribution in [3.05, 3.63) is 108 Å². The number of carbonyl (C=O) groups is 5. The summed E-state index contributed by atoms with van der Waals surface area (Å²) in [4.78, 5) is 70.2. The molecule has 1 N–H and O–H groups in total. The zero-order chi connectivity index (χ0) is 47.9. The molecular weight excluding hydrogens is 833 g/mol. The molecule has 0 unspecified atom stereocenters. The zero-order valence-electron chi connectivity index (χ0n) is 39.2. The van der Waals surface area contributed by atoms with E-state index in [-0.39, 0.29) is 71.3 Å². The quantitative estimate of drug-likeness (QED) is 0.0286. The number of pyridine rings is 2. The van der Waals surface area contributed by atoms with Crippen molar-refractivity contribution in [2.75, 3.05) is 21.0 Å². The molecule has 2 heterocycles. The summed E-state index contributed by atoms with van der Waals surface area (Å²) in [5, 5.41) is 10.1. The van der Waals surface area contributed by atoms with Crippen molar-refractivity contribution in [1.82, 2.24) is 9.97 Å². The second kappa shape index (κ2) is 27.8. The number of hydrogen-bond acceptors (Lipinski definition) is 14. The van der Waals surface area contributed by atoms with Crippen molar-refractivity contribution in [2.24, 2.45) is 11.8 Å². The van der Waals surface area contributed by atoms with Gasteiger partial charge in [-0.3, -0.25) is 24.0 Å². The summed E-state index contributed by atoms with van der Waals surface area (Å²) in [5.41, 5.74) is 2.15. The molecule has 0 aliphatic rings. The molecule has 4 aromatic rings. The molecule has 2 aromatic carbocycles. The fourth-order valence-electron chi connectivity index (χ4n) is 7.18. The first kappa shape index (κ1) is 53.0. The molecular formula is C51H66N2O12. The van der Waals surface area contributed by atoms with Gasteiger partial charge in [-0.25, -0.2) is 9.97 Å². The van der Waals surface area contributed by atoms with E-state index in [0.717, 1.165) is 49.7 Å². The van der Waals surface area contributed by atoms with E-state index in [2.05, 4.69) is 35.9 Å². The topological polar surface area (TPSA) is 187 Å². The summed E-state index contributed by atoms with van der Waals surface area (Å²) in [6.45, 7) is 12.2. The van der Waals surface area contributed by atoms with Crippen LogP contribution in [0.3, 0.4) is 0 Å². The Bertz CT molecular complexity index is 2110. The van der Waals surface area contributed by atoms with Crippen LogP contribution in [-0.2, 0) is 28.6 Å². The van der Waals surface area contributed by atoms with Crippen LogP contribution in [0, 0.1) is 11.8 Å². The molecule has 0 aliphatic carbocycles. The summed E-state index contributed by atoms with van der Waals surface area (Å²) in [6, 6.07) is 23.0. The molecule has 0 radical (unpaired) electrons. The molecule has 4 rings (SSSR count). The van der Waals surface area contributed by atoms with E-state index in [1.54, 1.807) is 13.8 Å². The van der Waals surface area contributed by atoms with Crippen molar-refractivity contribution in [2.45, 2.75) is 124 Å². The number of esters is 3. The number of ether oxygens (including phenoxy) is 6. The number of nitrogens with zero attached hydrogens (tertiary/aromatic N) is 2. The molecule has 65 heavy (non-hydrogen) atoms. The van der Waals surface area contributed by atoms with Crippen molar-refractivity contribution in [1.29, 1.82) is 0 Å². The molecule has 0 saturated carbocycles. The Morgan fingerprint density at radius 2 is 1.05 bits per heavy atom. The van der Waals surface area contributed by atoms with Crippen LogP contribution >= 0.6 is 0 Å². The first-order chi connectivity index (χ1) is 31.2. The molecule has 2 aromatic heterocycles. The molecule has 0 saturated heterocycles. The van der Waals surface area contributed by atoms with Crippen molar-refractivity contribution < 1.29 is 57.5 Å². The van der Waals surface area contributed by atoms with Gasteiger partial charge >= 0.3 is 17.9 Å². The number of rotatable bonds is 25. The van der Waals surface area contributed by atoms with Gasteiger partial charge in [-0.2, -0.15) is 0 Å². The van der Waals surface area contributed by atoms with Gasteiger partial charge in [0.05, 0.1) is 26.1 Å². The largest absolute Gasteiger partial charge is 0.503 e. The lowest BCUT2D eigenvalue weighted by Crippen LogP contribution is -2.27. The zero-order valence-corrected chi connectivity index (χ0v) is 39.2. The third-order valence-corrected chi connectivity index (χ3v) is 10.9. The number of aromatic nitrogens is 2. The van der Waals surface area contributed by atoms with Gasteiger partial charge in [0.1, 0.15) is 12.2 Å². The number of unbranched alkanes of at least 4 members (excludes halogenated alkanes) is 2. The number of benzene rings is 2. The average Bonchev–Trinajstić information content (AvgIpc) is 3.29. The van der Waals surface area contributed by atoms with Gasteiger partial charge < -0.3 is 33.5 Å². The van der Waals surface area contributed by atoms with Crippen LogP contribution < -0.4 is 14.2 Å². The minimum absolute atomic E-state index is 0.00527. The highest BCUT2D eigenvalue weighted by atomic mass is 16.7. The highest BCUT2D eigenvalue weighted by Crippen LogP contribution is 2.33. The first-order valence-electron chi connectivity index (χ1n) is 22.2. The van der Waals surface area contributed by atoms with Gasteiger partial charge in [0.2, 0.25) is 6.79 Å². The van der Waals surface area contributed by atoms with Gasteiger partial charge in [0.15, 0.2) is 46.0 Å². The smallest absolute Gasteiger partial charge is 0.309 e. The van der Waals surface area contributed by atoms with E-state index >= 15 is 0 Å². The molecule has 0 spiro atoms. The van der Waals surface area contributed by atoms with Crippen molar-refractivity contribution >= 4 is 29.5 Å². The lowest BCUT2D eigenvalue weighted by atomic mass is 9.89. The van der Waals surface area contributed by atoms with Gasteiger partial charge in [0, 0.05) is 56.1 Å². The molecule has 0 fully saturated rings. The molecule has 0 amide bonds. The van der Waals surface area contributed by atoms with Crippen molar-refractivity contribution in [3.8, 4) is 23.0 Å². The third kappa shape index (κ3) is 16.6. The lowest BCUT2D eigenvalue weighted by molar-refractivity contribution is -0.154. The van der Waals surface area contributed by atoms with Crippen LogP contribution in [0.4, 0.5) is 0 Å². The highest BCUT2D eigenvalue weighted by Gasteiger charge is 2.30. The summed E-state index contributed by atoms with van der Waals surface area (Å²) in [6.07, 6.45) is 7.90. The predicted molar refractivity (Wildman–Crippen MR) is 245 cm³/mol. The maximum absolute atomic E-state index is 13.0. The fraction of sp³-hybridized carbons (Fsp3) is 0.471. The van der Waals surface area contributed by atoms with Crippen LogP contribution in [0.15, 0.2) is 85.2 Å². The first-order valence-corrected chi connectivity index (χ1v) is 22.2. The number of ketones is 2. The van der Waals surface area contributed by atoms with Gasteiger partial charge in [-0.1, -0.05) is 114 Å². The van der Waals surface area contributed by atoms with Crippen LogP contribution in [0.1, 0.15) is 144 Å². The standard InChI is InChI=1S/C27H35NO7.C24H31NO5/c1-6-7-13-22(21-11-9-8-10-12-21)19(3)35-27(31)18(2)16-23(30)25-26(34-17-33-20(4)29)24(32-5)14-15-28-25;1-5-6-12-19(18-10-8-7-9-11-18)17(3)30-24(28)16(2)15-20(26)22-23(27)21(29-4)13-14-25-22/h8-12,14-15,18-19,22H,6-7,13,16-17H2,1-5H3;7-11,13-14,16-17,19,27H,5-6,12,15H2,1-4H3/t18-,19+,22+;16-,17+,19+/m11/s1. The van der Waals surface area contributed by atoms with Gasteiger partial charge in [-0.15, -0.1) is 0 Å². The summed E-state index contributed by atoms with van der Waals surface area (Å²) < 4.78 is 32.0. The van der Waals surface area contributed by atoms with Crippen LogP contribution in [0.25, 0.3) is 0 Å². The number of methoxy groups -OCH3 is 2. The summed E-state index contributed by atoms with van der Waals surface area (Å²) in [7, 11) is 2.82. The third-order valence-electron chi connectivity index (χ3n) is 10.9. The monoisotopic (exact) mass is 898 g/mol. The van der Waals surface area contributed by atoms with E-state index in [1.165, 1.54) is 45.7 Å². The van der Waals surface area contributed by atoms with E-state index in [1.807, 2.05) is 62.4 Å². The Morgan fingerprint density at radius 3 is 1.48 bits per heavy atom. The minimum atomic E-state index is -0.693. The summed E-state index contributed by atoms with van der Waals surface area (Å²) in [5.74, 6) is -3.27. The Morgan fingerprint density at radius 1 is 0.615 bits per heavy atom. The van der Waals surface area contributed by atoms with Gasteiger partial charge in [-0.05, 0) is 37.8 Å². The van der Waals surface area contributed by atoms with E-state index in [4.69, 9.17) is 28.4 Å². The molecule has 0 aliphatic heterocycles. The highest BCUT2D eigenvalue weighted by molar-refractivity contribution is 6.00. The second-order valence-corrected chi connectivity index (χ2v) is 16.0. The maximum Gasteiger partial charge on any atom is 0.309 e. The number of carbonyl (C=O) groups excluding carboxylic acids is 5. The van der Waals surface area contributed by atoms with Crippen LogP contribution in [0.2, 0.25) is 0 Å². The molecule has 14 heteroatoms. The normalized spacial score (nSPS) is 13.6. The Kier molecular flexibility index (Phi) is 22.7. The molecule has 6 atom stereocenters. The fourth-order valence-corrected chi connectivity index (χ4v) is 7.18. The Balaban J connectivity index is 0.000000349.